The van der Waals surface area contributed by atoms with Gasteiger partial charge in [0, 0.05) is 25.7 Å². The highest BCUT2D eigenvalue weighted by atomic mass is 35.5. The van der Waals surface area contributed by atoms with Crippen LogP contribution in [0.2, 0.25) is 5.02 Å². The van der Waals surface area contributed by atoms with Crippen LogP contribution in [-0.2, 0) is 12.6 Å². The Balaban J connectivity index is 0.000000298. The second-order valence-corrected chi connectivity index (χ2v) is 11.0. The summed E-state index contributed by atoms with van der Waals surface area (Å²) in [7, 11) is 3.48. The van der Waals surface area contributed by atoms with Crippen molar-refractivity contribution in [2.24, 2.45) is 18.9 Å². The molecule has 4 N–H and O–H groups in total. The monoisotopic (exact) mass is 561 g/mol. The summed E-state index contributed by atoms with van der Waals surface area (Å²) in [4.78, 5) is 22.1. The van der Waals surface area contributed by atoms with Crippen LogP contribution in [0.3, 0.4) is 0 Å². The average Bonchev–Trinajstić information content (AvgIpc) is 3.63. The second-order valence-electron chi connectivity index (χ2n) is 10.6. The second kappa shape index (κ2) is 10.9. The molecule has 0 amide bonds. The van der Waals surface area contributed by atoms with Crippen molar-refractivity contribution >= 4 is 35.2 Å². The minimum Gasteiger partial charge on any atom is -0.388 e. The molecule has 0 bridgehead atoms. The minimum absolute atomic E-state index is 0.0949. The molecule has 2 aliphatic carbocycles. The molecule has 2 aliphatic rings. The number of aromatic nitrogens is 4. The Morgan fingerprint density at radius 1 is 1.28 bits per heavy atom. The maximum absolute atomic E-state index is 12.5. The Labute approximate surface area is 230 Å². The highest BCUT2D eigenvalue weighted by molar-refractivity contribution is 6.31. The number of rotatable bonds is 6. The van der Waals surface area contributed by atoms with Gasteiger partial charge in [0.05, 0.1) is 39.2 Å². The van der Waals surface area contributed by atoms with Gasteiger partial charge < -0.3 is 26.3 Å². The lowest BCUT2D eigenvalue weighted by molar-refractivity contribution is -0.389. The zero-order chi connectivity index (χ0) is 28.6. The lowest BCUT2D eigenvalue weighted by atomic mass is 9.89. The number of fused-ring (bicyclic) bond motifs is 1. The van der Waals surface area contributed by atoms with Crippen LogP contribution in [0.4, 0.5) is 21.7 Å². The first-order chi connectivity index (χ1) is 18.4. The zero-order valence-electron chi connectivity index (χ0n) is 22.3. The van der Waals surface area contributed by atoms with Crippen molar-refractivity contribution in [1.82, 2.24) is 19.6 Å². The molecule has 2 aromatic heterocycles. The summed E-state index contributed by atoms with van der Waals surface area (Å²) in [5.41, 5.74) is 7.34. The van der Waals surface area contributed by atoms with Crippen LogP contribution in [0.25, 0.3) is 0 Å². The number of anilines is 2. The molecule has 13 heteroatoms. The molecule has 2 unspecified atom stereocenters. The molecule has 2 fully saturated rings. The third-order valence-electron chi connectivity index (χ3n) is 7.79. The molecule has 1 aromatic carbocycles. The number of aryl methyl sites for hydroxylation is 1. The number of aldehydes is 1. The van der Waals surface area contributed by atoms with Gasteiger partial charge in [0.2, 0.25) is 0 Å². The zero-order valence-corrected chi connectivity index (χ0v) is 23.0. The Morgan fingerprint density at radius 3 is 2.44 bits per heavy atom. The van der Waals surface area contributed by atoms with E-state index < -0.39 is 10.5 Å². The predicted molar refractivity (Wildman–Crippen MR) is 145 cm³/mol. The lowest BCUT2D eigenvalue weighted by Gasteiger charge is -2.25. The fourth-order valence-corrected chi connectivity index (χ4v) is 6.14. The smallest absolute Gasteiger partial charge is 0.388 e. The number of hydrogen-bond donors (Lipinski definition) is 3. The van der Waals surface area contributed by atoms with Crippen molar-refractivity contribution in [3.8, 4) is 0 Å². The molecular weight excluding hydrogens is 529 g/mol. The Kier molecular flexibility index (Phi) is 7.99. The first kappa shape index (κ1) is 28.5. The molecule has 2 heterocycles. The van der Waals surface area contributed by atoms with Crippen LogP contribution >= 0.6 is 11.6 Å². The number of carbonyl (C=O) groups excluding carboxylic acids is 1. The van der Waals surface area contributed by atoms with Gasteiger partial charge in [-0.3, -0.25) is 9.48 Å². The highest BCUT2D eigenvalue weighted by Gasteiger charge is 2.52. The maximum Gasteiger partial charge on any atom is 0.390 e. The number of benzene rings is 1. The SMILES string of the molecule is CC(C)n1nc([N+](=O)[O-])cc1C1(O)CC2CC(c3nn(C)c(N)c3C=O)CC2C1.CNc1ccc(F)c(Cl)c1. The van der Waals surface area contributed by atoms with E-state index in [-0.39, 0.29) is 40.5 Å². The summed E-state index contributed by atoms with van der Waals surface area (Å²) in [5, 5.41) is 34.1. The van der Waals surface area contributed by atoms with Gasteiger partial charge in [-0.1, -0.05) is 11.6 Å². The van der Waals surface area contributed by atoms with Crippen molar-refractivity contribution in [1.29, 1.82) is 0 Å². The summed E-state index contributed by atoms with van der Waals surface area (Å²) in [5.74, 6) is 0.376. The lowest BCUT2D eigenvalue weighted by Crippen LogP contribution is -2.28. The van der Waals surface area contributed by atoms with E-state index in [2.05, 4.69) is 15.5 Å². The molecule has 2 atom stereocenters. The van der Waals surface area contributed by atoms with E-state index in [9.17, 15) is 24.4 Å². The normalized spacial score (nSPS) is 23.8. The average molecular weight is 562 g/mol. The van der Waals surface area contributed by atoms with Crippen molar-refractivity contribution in [2.75, 3.05) is 18.1 Å². The van der Waals surface area contributed by atoms with E-state index in [1.807, 2.05) is 13.8 Å². The van der Waals surface area contributed by atoms with Crippen molar-refractivity contribution in [3.63, 3.8) is 0 Å². The molecule has 3 aromatic rings. The predicted octanol–water partition coefficient (Wildman–Crippen LogP) is 4.81. The van der Waals surface area contributed by atoms with Gasteiger partial charge in [-0.15, -0.1) is 0 Å². The number of hydrogen-bond acceptors (Lipinski definition) is 8. The molecule has 0 spiro atoms. The number of aliphatic hydroxyl groups is 1. The fraction of sp³-hybridized carbons (Fsp3) is 0.500. The summed E-state index contributed by atoms with van der Waals surface area (Å²) in [6.07, 6.45) is 3.41. The number of carbonyl (C=O) groups is 1. The standard InChI is InChI=1S/C19H26N6O4.C7H7ClFN/c1-10(2)24-15(6-16(21-24)25(28)29)19(27)7-12-4-11(5-13(12)8-19)17-14(9-26)18(20)23(3)22-17;1-10-5-2-3-7(9)6(8)4-5/h6,9-13,27H,4-5,7-8,20H2,1-3H3;2-4,10H,1H3. The van der Waals surface area contributed by atoms with Crippen LogP contribution in [0, 0.1) is 27.8 Å². The number of nitrogens with zero attached hydrogens (tertiary/aromatic N) is 5. The van der Waals surface area contributed by atoms with E-state index >= 15 is 0 Å². The van der Waals surface area contributed by atoms with Gasteiger partial charge in [-0.05, 0) is 74.5 Å². The Morgan fingerprint density at radius 2 is 1.92 bits per heavy atom. The van der Waals surface area contributed by atoms with Gasteiger partial charge >= 0.3 is 5.82 Å². The first-order valence-electron chi connectivity index (χ1n) is 12.8. The Hall–Kier alpha value is -3.51. The summed E-state index contributed by atoms with van der Waals surface area (Å²) < 4.78 is 15.6. The fourth-order valence-electron chi connectivity index (χ4n) is 5.96. The molecular formula is C26H33ClFN7O4. The third kappa shape index (κ3) is 5.48. The van der Waals surface area contributed by atoms with Crippen LogP contribution in [0.15, 0.2) is 24.3 Å². The van der Waals surface area contributed by atoms with Crippen molar-refractivity contribution in [2.45, 2.75) is 57.1 Å². The number of nitro groups is 1. The number of nitrogens with two attached hydrogens (primary N) is 1. The van der Waals surface area contributed by atoms with E-state index in [1.54, 1.807) is 24.8 Å². The largest absolute Gasteiger partial charge is 0.390 e. The first-order valence-corrected chi connectivity index (χ1v) is 13.1. The summed E-state index contributed by atoms with van der Waals surface area (Å²) >= 11 is 5.48. The Bertz CT molecular complexity index is 1370. The highest BCUT2D eigenvalue weighted by Crippen LogP contribution is 2.57. The number of nitrogen functional groups attached to an aromatic ring is 1. The van der Waals surface area contributed by atoms with Crippen LogP contribution < -0.4 is 11.1 Å². The third-order valence-corrected chi connectivity index (χ3v) is 8.08. The summed E-state index contributed by atoms with van der Waals surface area (Å²) in [6, 6.07) is 5.80. The van der Waals surface area contributed by atoms with Gasteiger partial charge in [0.1, 0.15) is 17.2 Å². The van der Waals surface area contributed by atoms with Gasteiger partial charge in [-0.2, -0.15) is 9.78 Å². The molecule has 11 nitrogen and oxygen atoms in total. The van der Waals surface area contributed by atoms with Crippen LogP contribution in [-0.4, -0.2) is 42.9 Å². The van der Waals surface area contributed by atoms with Crippen LogP contribution in [0.5, 0.6) is 0 Å². The van der Waals surface area contributed by atoms with Gasteiger partial charge in [0.25, 0.3) is 0 Å². The topological polar surface area (TPSA) is 154 Å². The molecule has 2 saturated carbocycles. The van der Waals surface area contributed by atoms with Gasteiger partial charge in [0.15, 0.2) is 6.29 Å². The van der Waals surface area contributed by atoms with E-state index in [0.29, 0.717) is 29.9 Å². The van der Waals surface area contributed by atoms with Gasteiger partial charge in [-0.25, -0.2) is 4.39 Å². The molecule has 0 saturated heterocycles. The molecule has 5 rings (SSSR count). The summed E-state index contributed by atoms with van der Waals surface area (Å²) in [6.45, 7) is 3.78. The van der Waals surface area contributed by atoms with E-state index in [1.165, 1.54) is 22.9 Å². The molecule has 0 radical (unpaired) electrons. The molecule has 0 aliphatic heterocycles. The maximum atomic E-state index is 12.5. The van der Waals surface area contributed by atoms with Crippen molar-refractivity contribution in [3.05, 3.63) is 62.2 Å². The number of nitrogens with one attached hydrogen (secondary N) is 1. The molecule has 210 valence electrons. The van der Waals surface area contributed by atoms with Crippen LogP contribution in [0.1, 0.15) is 73.2 Å². The number of halogens is 2. The quantitative estimate of drug-likeness (QED) is 0.220. The van der Waals surface area contributed by atoms with Crippen molar-refractivity contribution < 1.29 is 19.2 Å². The minimum atomic E-state index is -1.14. The molecule has 39 heavy (non-hydrogen) atoms. The van der Waals surface area contributed by atoms with E-state index in [4.69, 9.17) is 17.3 Å². The van der Waals surface area contributed by atoms with E-state index in [0.717, 1.165) is 30.5 Å².